The fraction of sp³-hybridized carbons (Fsp3) is 0.500. The number of hydrogen-bond donors (Lipinski definition) is 2. The van der Waals surface area contributed by atoms with Gasteiger partial charge in [0.2, 0.25) is 0 Å². The first-order chi connectivity index (χ1) is 7.72. The molecule has 1 aliphatic rings. The van der Waals surface area contributed by atoms with E-state index in [2.05, 4.69) is 10.3 Å². The molecule has 0 spiro atoms. The highest BCUT2D eigenvalue weighted by molar-refractivity contribution is 5.39. The van der Waals surface area contributed by atoms with Gasteiger partial charge < -0.3 is 11.1 Å². The monoisotopic (exact) mass is 216 g/mol. The number of nitriles is 1. The lowest BCUT2D eigenvalue weighted by Gasteiger charge is -2.23. The summed E-state index contributed by atoms with van der Waals surface area (Å²) in [6, 6.07) is 5.62. The Bertz CT molecular complexity index is 384. The van der Waals surface area contributed by atoms with Gasteiger partial charge in [-0.05, 0) is 25.0 Å². The van der Waals surface area contributed by atoms with Gasteiger partial charge in [0, 0.05) is 18.3 Å². The third-order valence-electron chi connectivity index (χ3n) is 3.11. The Balaban J connectivity index is 1.92. The second-order valence-electron chi connectivity index (χ2n) is 4.47. The molecule has 16 heavy (non-hydrogen) atoms. The molecule has 1 aromatic heterocycles. The van der Waals surface area contributed by atoms with Crippen LogP contribution in [0.15, 0.2) is 18.3 Å². The highest BCUT2D eigenvalue weighted by Gasteiger charge is 2.28. The Hall–Kier alpha value is -1.60. The minimum absolute atomic E-state index is 0.0738. The summed E-state index contributed by atoms with van der Waals surface area (Å²) in [5.41, 5.74) is 6.72. The quantitative estimate of drug-likeness (QED) is 0.805. The van der Waals surface area contributed by atoms with Crippen molar-refractivity contribution in [1.82, 2.24) is 4.98 Å². The highest BCUT2D eigenvalue weighted by atomic mass is 15.0. The predicted octanol–water partition coefficient (Wildman–Crippen LogP) is 1.64. The number of nitrogens with two attached hydrogens (primary N) is 1. The maximum atomic E-state index is 8.64. The van der Waals surface area contributed by atoms with Crippen molar-refractivity contribution < 1.29 is 0 Å². The Morgan fingerprint density at radius 3 is 2.75 bits per heavy atom. The average Bonchev–Trinajstić information content (AvgIpc) is 2.75. The summed E-state index contributed by atoms with van der Waals surface area (Å²) in [4.78, 5) is 4.15. The van der Waals surface area contributed by atoms with Gasteiger partial charge in [0.25, 0.3) is 0 Å². The number of nitrogens with one attached hydrogen (secondary N) is 1. The molecule has 4 heteroatoms. The van der Waals surface area contributed by atoms with Gasteiger partial charge in [0.15, 0.2) is 0 Å². The van der Waals surface area contributed by atoms with Gasteiger partial charge in [-0.25, -0.2) is 4.98 Å². The zero-order valence-electron chi connectivity index (χ0n) is 9.24. The van der Waals surface area contributed by atoms with Gasteiger partial charge in [-0.3, -0.25) is 0 Å². The molecule has 0 amide bonds. The van der Waals surface area contributed by atoms with Gasteiger partial charge in [-0.2, -0.15) is 5.26 Å². The molecule has 84 valence electrons. The maximum Gasteiger partial charge on any atom is 0.126 e. The lowest BCUT2D eigenvalue weighted by atomic mass is 9.99. The van der Waals surface area contributed by atoms with E-state index in [-0.39, 0.29) is 5.54 Å². The van der Waals surface area contributed by atoms with Crippen molar-refractivity contribution in [2.45, 2.75) is 31.2 Å². The van der Waals surface area contributed by atoms with Crippen LogP contribution in [-0.2, 0) is 0 Å². The van der Waals surface area contributed by atoms with E-state index in [1.54, 1.807) is 12.3 Å². The Kier molecular flexibility index (Phi) is 3.07. The maximum absolute atomic E-state index is 8.64. The molecule has 3 N–H and O–H groups in total. The minimum Gasteiger partial charge on any atom is -0.368 e. The zero-order chi connectivity index (χ0) is 11.4. The molecule has 1 heterocycles. The van der Waals surface area contributed by atoms with Crippen LogP contribution >= 0.6 is 0 Å². The van der Waals surface area contributed by atoms with Crippen LogP contribution < -0.4 is 11.1 Å². The van der Waals surface area contributed by atoms with Crippen molar-refractivity contribution in [2.24, 2.45) is 5.73 Å². The lowest BCUT2D eigenvalue weighted by molar-refractivity contribution is 0.463. The normalized spacial score (nSPS) is 18.0. The van der Waals surface area contributed by atoms with Crippen molar-refractivity contribution in [3.05, 3.63) is 23.9 Å². The van der Waals surface area contributed by atoms with Gasteiger partial charge in [-0.1, -0.05) is 12.8 Å². The molecule has 1 aromatic rings. The van der Waals surface area contributed by atoms with E-state index in [1.807, 2.05) is 12.1 Å². The van der Waals surface area contributed by atoms with Gasteiger partial charge in [-0.15, -0.1) is 0 Å². The number of hydrogen-bond acceptors (Lipinski definition) is 4. The zero-order valence-corrected chi connectivity index (χ0v) is 9.24. The number of nitrogens with zero attached hydrogens (tertiary/aromatic N) is 2. The molecule has 0 aromatic carbocycles. The SMILES string of the molecule is N#Cc1ccc(NCC2(N)CCCC2)nc1. The van der Waals surface area contributed by atoms with E-state index in [0.717, 1.165) is 25.2 Å². The Labute approximate surface area is 95.5 Å². The third-order valence-corrected chi connectivity index (χ3v) is 3.11. The van der Waals surface area contributed by atoms with Crippen molar-refractivity contribution >= 4 is 5.82 Å². The predicted molar refractivity (Wildman–Crippen MR) is 62.8 cm³/mol. The summed E-state index contributed by atoms with van der Waals surface area (Å²) in [7, 11) is 0. The molecular formula is C12H16N4. The number of rotatable bonds is 3. The van der Waals surface area contributed by atoms with Crippen molar-refractivity contribution in [2.75, 3.05) is 11.9 Å². The van der Waals surface area contributed by atoms with Gasteiger partial charge >= 0.3 is 0 Å². The lowest BCUT2D eigenvalue weighted by Crippen LogP contribution is -2.43. The second-order valence-corrected chi connectivity index (χ2v) is 4.47. The summed E-state index contributed by atoms with van der Waals surface area (Å²) in [5, 5.41) is 11.9. The molecule has 0 atom stereocenters. The van der Waals surface area contributed by atoms with E-state index >= 15 is 0 Å². The number of aromatic nitrogens is 1. The standard InChI is InChI=1S/C12H16N4/c13-7-10-3-4-11(15-8-10)16-9-12(14)5-1-2-6-12/h3-4,8H,1-2,5-6,9,14H2,(H,15,16). The molecule has 1 fully saturated rings. The Morgan fingerprint density at radius 1 is 1.44 bits per heavy atom. The molecule has 0 bridgehead atoms. The fourth-order valence-corrected chi connectivity index (χ4v) is 2.09. The first-order valence-corrected chi connectivity index (χ1v) is 5.61. The summed E-state index contributed by atoms with van der Waals surface area (Å²) in [6.45, 7) is 0.756. The van der Waals surface area contributed by atoms with Crippen molar-refractivity contribution in [3.63, 3.8) is 0 Å². The Morgan fingerprint density at radius 2 is 2.19 bits per heavy atom. The number of anilines is 1. The van der Waals surface area contributed by atoms with Crippen LogP contribution in [0.25, 0.3) is 0 Å². The van der Waals surface area contributed by atoms with E-state index in [4.69, 9.17) is 11.0 Å². The van der Waals surface area contributed by atoms with E-state index in [9.17, 15) is 0 Å². The molecule has 1 aliphatic carbocycles. The van der Waals surface area contributed by atoms with Crippen LogP contribution in [0.4, 0.5) is 5.82 Å². The molecule has 1 saturated carbocycles. The molecular weight excluding hydrogens is 200 g/mol. The van der Waals surface area contributed by atoms with Crippen molar-refractivity contribution in [1.29, 1.82) is 5.26 Å². The van der Waals surface area contributed by atoms with Gasteiger partial charge in [0.1, 0.15) is 11.9 Å². The molecule has 0 saturated heterocycles. The first kappa shape index (κ1) is 10.9. The summed E-state index contributed by atoms with van der Waals surface area (Å²) in [6.07, 6.45) is 6.17. The largest absolute Gasteiger partial charge is 0.368 e. The smallest absolute Gasteiger partial charge is 0.126 e. The van der Waals surface area contributed by atoms with Crippen LogP contribution in [0.5, 0.6) is 0 Å². The van der Waals surface area contributed by atoms with Crippen LogP contribution in [0.2, 0.25) is 0 Å². The highest BCUT2D eigenvalue weighted by Crippen LogP contribution is 2.27. The van der Waals surface area contributed by atoms with Crippen LogP contribution in [0, 0.1) is 11.3 Å². The molecule has 4 nitrogen and oxygen atoms in total. The van der Waals surface area contributed by atoms with E-state index in [0.29, 0.717) is 5.56 Å². The molecule has 0 unspecified atom stereocenters. The van der Waals surface area contributed by atoms with Crippen LogP contribution in [-0.4, -0.2) is 17.1 Å². The van der Waals surface area contributed by atoms with Crippen molar-refractivity contribution in [3.8, 4) is 6.07 Å². The minimum atomic E-state index is -0.0738. The third kappa shape index (κ3) is 2.50. The van der Waals surface area contributed by atoms with E-state index in [1.165, 1.54) is 12.8 Å². The first-order valence-electron chi connectivity index (χ1n) is 5.61. The average molecular weight is 216 g/mol. The van der Waals surface area contributed by atoms with Gasteiger partial charge in [0.05, 0.1) is 5.56 Å². The van der Waals surface area contributed by atoms with Crippen LogP contribution in [0.3, 0.4) is 0 Å². The summed E-state index contributed by atoms with van der Waals surface area (Å²) >= 11 is 0. The van der Waals surface area contributed by atoms with Crippen LogP contribution in [0.1, 0.15) is 31.2 Å². The molecule has 0 aliphatic heterocycles. The number of pyridine rings is 1. The second kappa shape index (κ2) is 4.50. The topological polar surface area (TPSA) is 74.7 Å². The molecule has 2 rings (SSSR count). The summed E-state index contributed by atoms with van der Waals surface area (Å²) < 4.78 is 0. The molecule has 0 radical (unpaired) electrons. The van der Waals surface area contributed by atoms with E-state index < -0.39 is 0 Å². The summed E-state index contributed by atoms with van der Waals surface area (Å²) in [5.74, 6) is 0.788. The fourth-order valence-electron chi connectivity index (χ4n) is 2.09.